The van der Waals surface area contributed by atoms with Gasteiger partial charge in [0.1, 0.15) is 0 Å². The van der Waals surface area contributed by atoms with Crippen molar-refractivity contribution in [2.45, 2.75) is 12.8 Å². The van der Waals surface area contributed by atoms with Crippen LogP contribution < -0.4 is 10.0 Å². The Labute approximate surface area is 135 Å². The summed E-state index contributed by atoms with van der Waals surface area (Å²) in [4.78, 5) is 11.3. The number of hydrogen-bond acceptors (Lipinski definition) is 3. The molecule has 23 heavy (non-hydrogen) atoms. The molecule has 0 fully saturated rings. The Hall–Kier alpha value is -2.60. The molecule has 118 valence electrons. The van der Waals surface area contributed by atoms with Gasteiger partial charge in [-0.05, 0) is 41.8 Å². The lowest BCUT2D eigenvalue weighted by Crippen LogP contribution is -2.19. The summed E-state index contributed by atoms with van der Waals surface area (Å²) in [7, 11) is -3.59. The molecule has 0 radical (unpaired) electrons. The van der Waals surface area contributed by atoms with Gasteiger partial charge in [0, 0.05) is 17.8 Å². The second-order valence-electron chi connectivity index (χ2n) is 5.28. The van der Waals surface area contributed by atoms with Crippen LogP contribution in [0.5, 0.6) is 0 Å². The Morgan fingerprint density at radius 2 is 1.83 bits per heavy atom. The topological polar surface area (TPSA) is 75.3 Å². The summed E-state index contributed by atoms with van der Waals surface area (Å²) in [5.74, 6) is -0.0170. The number of benzene rings is 2. The minimum atomic E-state index is -3.59. The minimum absolute atomic E-state index is 0.0170. The quantitative estimate of drug-likeness (QED) is 0.906. The van der Waals surface area contributed by atoms with Crippen LogP contribution in [0.15, 0.2) is 53.9 Å². The Balaban J connectivity index is 1.76. The zero-order valence-electron chi connectivity index (χ0n) is 12.3. The molecule has 1 aliphatic rings. The monoisotopic (exact) mass is 328 g/mol. The van der Waals surface area contributed by atoms with E-state index in [4.69, 9.17) is 0 Å². The summed E-state index contributed by atoms with van der Waals surface area (Å²) in [6, 6.07) is 14.3. The Bertz CT molecular complexity index is 859. The van der Waals surface area contributed by atoms with Crippen LogP contribution in [0.4, 0.5) is 11.4 Å². The third-order valence-electron chi connectivity index (χ3n) is 3.50. The highest BCUT2D eigenvalue weighted by Crippen LogP contribution is 2.26. The van der Waals surface area contributed by atoms with Crippen LogP contribution in [-0.4, -0.2) is 14.3 Å². The van der Waals surface area contributed by atoms with Crippen molar-refractivity contribution in [1.82, 2.24) is 0 Å². The van der Waals surface area contributed by atoms with Gasteiger partial charge in [-0.2, -0.15) is 0 Å². The molecule has 1 aliphatic heterocycles. The Morgan fingerprint density at radius 3 is 2.61 bits per heavy atom. The van der Waals surface area contributed by atoms with Gasteiger partial charge in [0.25, 0.3) is 10.0 Å². The lowest BCUT2D eigenvalue weighted by molar-refractivity contribution is -0.116. The SMILES string of the molecule is O=C1CCc2cc(NS(=O)(=O)C=Cc3ccccc3)ccc2N1. The van der Waals surface area contributed by atoms with Crippen molar-refractivity contribution < 1.29 is 13.2 Å². The van der Waals surface area contributed by atoms with Crippen molar-refractivity contribution >= 4 is 33.4 Å². The summed E-state index contributed by atoms with van der Waals surface area (Å²) in [6.45, 7) is 0. The number of nitrogens with one attached hydrogen (secondary N) is 2. The molecule has 2 N–H and O–H groups in total. The molecular formula is C17H16N2O3S. The van der Waals surface area contributed by atoms with Crippen LogP contribution in [0, 0.1) is 0 Å². The predicted molar refractivity (Wildman–Crippen MR) is 91.4 cm³/mol. The fourth-order valence-electron chi connectivity index (χ4n) is 2.38. The highest BCUT2D eigenvalue weighted by atomic mass is 32.2. The minimum Gasteiger partial charge on any atom is -0.326 e. The van der Waals surface area contributed by atoms with E-state index in [1.807, 2.05) is 30.3 Å². The number of anilines is 2. The number of carbonyl (C=O) groups is 1. The van der Waals surface area contributed by atoms with E-state index < -0.39 is 10.0 Å². The van der Waals surface area contributed by atoms with E-state index in [-0.39, 0.29) is 5.91 Å². The van der Waals surface area contributed by atoms with Crippen LogP contribution in [0.25, 0.3) is 6.08 Å². The van der Waals surface area contributed by atoms with Crippen molar-refractivity contribution in [2.24, 2.45) is 0 Å². The van der Waals surface area contributed by atoms with Crippen LogP contribution in [-0.2, 0) is 21.2 Å². The first-order valence-corrected chi connectivity index (χ1v) is 8.75. The molecule has 0 bridgehead atoms. The molecule has 3 rings (SSSR count). The number of carbonyl (C=O) groups excluding carboxylic acids is 1. The molecule has 5 nitrogen and oxygen atoms in total. The van der Waals surface area contributed by atoms with Gasteiger partial charge < -0.3 is 5.32 Å². The fraction of sp³-hybridized carbons (Fsp3) is 0.118. The number of sulfonamides is 1. The van der Waals surface area contributed by atoms with Crippen molar-refractivity contribution in [1.29, 1.82) is 0 Å². The third kappa shape index (κ3) is 3.98. The molecule has 0 aromatic heterocycles. The number of rotatable bonds is 4. The third-order valence-corrected chi connectivity index (χ3v) is 4.51. The lowest BCUT2D eigenvalue weighted by atomic mass is 10.0. The van der Waals surface area contributed by atoms with Gasteiger partial charge in [-0.15, -0.1) is 0 Å². The van der Waals surface area contributed by atoms with Gasteiger partial charge in [-0.3, -0.25) is 9.52 Å². The first kappa shape index (κ1) is 15.3. The van der Waals surface area contributed by atoms with E-state index in [0.29, 0.717) is 18.5 Å². The molecule has 2 aromatic rings. The standard InChI is InChI=1S/C17H16N2O3S/c20-17-9-6-14-12-15(7-8-16(14)18-17)19-23(21,22)11-10-13-4-2-1-3-5-13/h1-5,7-8,10-12,19H,6,9H2,(H,18,20). The smallest absolute Gasteiger partial charge is 0.255 e. The van der Waals surface area contributed by atoms with Gasteiger partial charge in [0.05, 0.1) is 5.41 Å². The zero-order valence-corrected chi connectivity index (χ0v) is 13.1. The van der Waals surface area contributed by atoms with Crippen LogP contribution in [0.1, 0.15) is 17.5 Å². The maximum absolute atomic E-state index is 12.1. The predicted octanol–water partition coefficient (Wildman–Crippen LogP) is 2.98. The molecule has 0 atom stereocenters. The molecule has 0 unspecified atom stereocenters. The molecule has 0 aliphatic carbocycles. The normalized spacial score (nSPS) is 14.3. The summed E-state index contributed by atoms with van der Waals surface area (Å²) in [5.41, 5.74) is 2.96. The molecule has 6 heteroatoms. The van der Waals surface area contributed by atoms with Gasteiger partial charge in [-0.25, -0.2) is 8.42 Å². The summed E-state index contributed by atoms with van der Waals surface area (Å²) >= 11 is 0. The molecule has 1 heterocycles. The van der Waals surface area contributed by atoms with Crippen molar-refractivity contribution in [3.8, 4) is 0 Å². The van der Waals surface area contributed by atoms with E-state index in [2.05, 4.69) is 10.0 Å². The first-order valence-electron chi connectivity index (χ1n) is 7.21. The first-order chi connectivity index (χ1) is 11.0. The van der Waals surface area contributed by atoms with Crippen molar-refractivity contribution in [3.05, 3.63) is 65.1 Å². The van der Waals surface area contributed by atoms with Gasteiger partial charge in [-0.1, -0.05) is 30.3 Å². The molecule has 1 amide bonds. The lowest BCUT2D eigenvalue weighted by Gasteiger charge is -2.17. The average molecular weight is 328 g/mol. The number of aryl methyl sites for hydroxylation is 1. The van der Waals surface area contributed by atoms with E-state index >= 15 is 0 Å². The second kappa shape index (κ2) is 6.26. The Kier molecular flexibility index (Phi) is 4.16. The number of amides is 1. The number of fused-ring (bicyclic) bond motifs is 1. The maximum atomic E-state index is 12.1. The van der Waals surface area contributed by atoms with Crippen LogP contribution in [0.3, 0.4) is 0 Å². The van der Waals surface area contributed by atoms with Crippen molar-refractivity contribution in [2.75, 3.05) is 10.0 Å². The van der Waals surface area contributed by atoms with Gasteiger partial charge in [0.2, 0.25) is 5.91 Å². The summed E-state index contributed by atoms with van der Waals surface area (Å²) in [6.07, 6.45) is 2.56. The van der Waals surface area contributed by atoms with E-state index in [1.165, 1.54) is 0 Å². The summed E-state index contributed by atoms with van der Waals surface area (Å²) < 4.78 is 26.8. The van der Waals surface area contributed by atoms with Crippen molar-refractivity contribution in [3.63, 3.8) is 0 Å². The molecule has 0 saturated heterocycles. The van der Waals surface area contributed by atoms with Crippen LogP contribution >= 0.6 is 0 Å². The molecule has 0 saturated carbocycles. The van der Waals surface area contributed by atoms with E-state index in [1.54, 1.807) is 24.3 Å². The Morgan fingerprint density at radius 1 is 1.04 bits per heavy atom. The largest absolute Gasteiger partial charge is 0.326 e. The molecule has 0 spiro atoms. The highest BCUT2D eigenvalue weighted by molar-refractivity contribution is 7.95. The van der Waals surface area contributed by atoms with E-state index in [9.17, 15) is 13.2 Å². The molecular weight excluding hydrogens is 312 g/mol. The van der Waals surface area contributed by atoms with Crippen LogP contribution in [0.2, 0.25) is 0 Å². The number of hydrogen-bond donors (Lipinski definition) is 2. The second-order valence-corrected chi connectivity index (χ2v) is 6.85. The average Bonchev–Trinajstić information content (AvgIpc) is 2.54. The highest BCUT2D eigenvalue weighted by Gasteiger charge is 2.15. The summed E-state index contributed by atoms with van der Waals surface area (Å²) in [5, 5.41) is 3.91. The fourth-order valence-corrected chi connectivity index (χ4v) is 3.24. The van der Waals surface area contributed by atoms with Gasteiger partial charge in [0.15, 0.2) is 0 Å². The molecule has 2 aromatic carbocycles. The maximum Gasteiger partial charge on any atom is 0.255 e. The zero-order chi connectivity index (χ0) is 16.3. The van der Waals surface area contributed by atoms with Gasteiger partial charge >= 0.3 is 0 Å². The van der Waals surface area contributed by atoms with E-state index in [0.717, 1.165) is 22.2 Å².